The van der Waals surface area contributed by atoms with Crippen LogP contribution in [0, 0.1) is 0 Å². The second kappa shape index (κ2) is 4.23. The number of anilines is 1. The van der Waals surface area contributed by atoms with Gasteiger partial charge < -0.3 is 9.64 Å². The van der Waals surface area contributed by atoms with Crippen LogP contribution in [0.3, 0.4) is 0 Å². The van der Waals surface area contributed by atoms with Crippen molar-refractivity contribution in [3.8, 4) is 0 Å². The van der Waals surface area contributed by atoms with Crippen molar-refractivity contribution in [3.05, 3.63) is 17.8 Å². The third kappa shape index (κ3) is 2.00. The maximum Gasteiger partial charge on any atom is 0.150 e. The number of rotatable bonds is 3. The van der Waals surface area contributed by atoms with Crippen molar-refractivity contribution in [2.75, 3.05) is 18.0 Å². The molecule has 3 rings (SSSR count). The fraction of sp³-hybridized carbons (Fsp3) is 0.500. The summed E-state index contributed by atoms with van der Waals surface area (Å²) < 4.78 is 6.93. The molecule has 2 aromatic heterocycles. The predicted molar refractivity (Wildman–Crippen MR) is 69.6 cm³/mol. The largest absolute Gasteiger partial charge is 0.372 e. The van der Waals surface area contributed by atoms with Crippen LogP contribution in [-0.2, 0) is 4.74 Å². The van der Waals surface area contributed by atoms with Gasteiger partial charge in [-0.2, -0.15) is 0 Å². The first-order valence-corrected chi connectivity index (χ1v) is 6.70. The number of fused-ring (bicyclic) bond motifs is 1. The Morgan fingerprint density at radius 2 is 2.24 bits per heavy atom. The van der Waals surface area contributed by atoms with Crippen LogP contribution in [0.1, 0.15) is 13.8 Å². The van der Waals surface area contributed by atoms with Crippen LogP contribution in [-0.4, -0.2) is 35.3 Å². The van der Waals surface area contributed by atoms with E-state index in [4.69, 9.17) is 4.74 Å². The first-order valence-electron chi connectivity index (χ1n) is 5.82. The molecule has 0 spiro atoms. The summed E-state index contributed by atoms with van der Waals surface area (Å²) in [6.45, 7) is 6.01. The molecule has 1 saturated heterocycles. The summed E-state index contributed by atoms with van der Waals surface area (Å²) >= 11 is 1.70. The van der Waals surface area contributed by atoms with Crippen molar-refractivity contribution in [1.82, 2.24) is 9.97 Å². The van der Waals surface area contributed by atoms with E-state index in [1.165, 1.54) is 4.70 Å². The lowest BCUT2D eigenvalue weighted by Crippen LogP contribution is -2.53. The molecule has 90 valence electrons. The van der Waals surface area contributed by atoms with E-state index in [0.717, 1.165) is 24.4 Å². The number of nitrogens with zero attached hydrogens (tertiary/aromatic N) is 3. The first kappa shape index (κ1) is 10.9. The van der Waals surface area contributed by atoms with E-state index >= 15 is 0 Å². The van der Waals surface area contributed by atoms with Gasteiger partial charge in [0, 0.05) is 13.1 Å². The smallest absolute Gasteiger partial charge is 0.150 e. The quantitative estimate of drug-likeness (QED) is 0.836. The van der Waals surface area contributed by atoms with Gasteiger partial charge in [-0.25, -0.2) is 9.97 Å². The third-order valence-corrected chi connectivity index (χ3v) is 3.74. The summed E-state index contributed by atoms with van der Waals surface area (Å²) in [7, 11) is 0. The lowest BCUT2D eigenvalue weighted by Gasteiger charge is -2.40. The SMILES string of the molecule is CC(C)OC1CN(c2ncnc3ccsc23)C1. The van der Waals surface area contributed by atoms with Gasteiger partial charge in [-0.05, 0) is 25.3 Å². The van der Waals surface area contributed by atoms with E-state index in [0.29, 0.717) is 12.2 Å². The first-order chi connectivity index (χ1) is 8.24. The Balaban J connectivity index is 1.76. The maximum atomic E-state index is 5.75. The Morgan fingerprint density at radius 1 is 1.41 bits per heavy atom. The molecule has 1 aliphatic rings. The Hall–Kier alpha value is -1.20. The number of aromatic nitrogens is 2. The zero-order chi connectivity index (χ0) is 11.8. The van der Waals surface area contributed by atoms with Crippen molar-refractivity contribution < 1.29 is 4.74 Å². The number of hydrogen-bond donors (Lipinski definition) is 0. The molecule has 3 heterocycles. The average molecular weight is 249 g/mol. The molecular formula is C12H15N3OS. The van der Waals surface area contributed by atoms with Gasteiger partial charge >= 0.3 is 0 Å². The molecule has 0 bridgehead atoms. The van der Waals surface area contributed by atoms with Crippen molar-refractivity contribution in [1.29, 1.82) is 0 Å². The number of hydrogen-bond acceptors (Lipinski definition) is 5. The fourth-order valence-electron chi connectivity index (χ4n) is 2.08. The van der Waals surface area contributed by atoms with E-state index in [9.17, 15) is 0 Å². The van der Waals surface area contributed by atoms with E-state index in [1.54, 1.807) is 17.7 Å². The highest BCUT2D eigenvalue weighted by molar-refractivity contribution is 7.17. The molecule has 17 heavy (non-hydrogen) atoms. The zero-order valence-corrected chi connectivity index (χ0v) is 10.8. The van der Waals surface area contributed by atoms with Crippen LogP contribution in [0.25, 0.3) is 10.2 Å². The van der Waals surface area contributed by atoms with E-state index in [-0.39, 0.29) is 0 Å². The van der Waals surface area contributed by atoms with Gasteiger partial charge in [0.05, 0.1) is 22.4 Å². The molecule has 1 fully saturated rings. The van der Waals surface area contributed by atoms with Crippen molar-refractivity contribution in [2.45, 2.75) is 26.1 Å². The third-order valence-electron chi connectivity index (χ3n) is 2.84. The van der Waals surface area contributed by atoms with Gasteiger partial charge in [0.1, 0.15) is 12.1 Å². The Kier molecular flexibility index (Phi) is 2.72. The van der Waals surface area contributed by atoms with Gasteiger partial charge in [-0.3, -0.25) is 0 Å². The molecule has 0 aromatic carbocycles. The minimum Gasteiger partial charge on any atom is -0.372 e. The van der Waals surface area contributed by atoms with Crippen LogP contribution in [0.5, 0.6) is 0 Å². The van der Waals surface area contributed by atoms with Crippen LogP contribution < -0.4 is 4.90 Å². The summed E-state index contributed by atoms with van der Waals surface area (Å²) in [4.78, 5) is 10.9. The molecule has 0 atom stereocenters. The Morgan fingerprint density at radius 3 is 3.00 bits per heavy atom. The molecule has 0 radical (unpaired) electrons. The molecule has 0 saturated carbocycles. The monoisotopic (exact) mass is 249 g/mol. The second-order valence-corrected chi connectivity index (χ2v) is 5.46. The Labute approximate surface area is 104 Å². The topological polar surface area (TPSA) is 38.2 Å². The minimum atomic E-state index is 0.300. The van der Waals surface area contributed by atoms with Crippen LogP contribution >= 0.6 is 11.3 Å². The molecule has 0 aliphatic carbocycles. The zero-order valence-electron chi connectivity index (χ0n) is 9.96. The lowest BCUT2D eigenvalue weighted by molar-refractivity contribution is -0.00734. The van der Waals surface area contributed by atoms with Crippen molar-refractivity contribution in [2.24, 2.45) is 0 Å². The molecule has 2 aromatic rings. The molecule has 0 N–H and O–H groups in total. The van der Waals surface area contributed by atoms with Gasteiger partial charge in [0.25, 0.3) is 0 Å². The highest BCUT2D eigenvalue weighted by Crippen LogP contribution is 2.31. The lowest BCUT2D eigenvalue weighted by atomic mass is 10.1. The molecule has 0 amide bonds. The molecule has 5 heteroatoms. The minimum absolute atomic E-state index is 0.300. The average Bonchev–Trinajstić information content (AvgIpc) is 2.70. The summed E-state index contributed by atoms with van der Waals surface area (Å²) in [6, 6.07) is 2.03. The Bertz CT molecular complexity index is 519. The maximum absolute atomic E-state index is 5.75. The van der Waals surface area contributed by atoms with Crippen LogP contribution in [0.4, 0.5) is 5.82 Å². The van der Waals surface area contributed by atoms with Gasteiger partial charge in [0.15, 0.2) is 0 Å². The van der Waals surface area contributed by atoms with E-state index < -0.39 is 0 Å². The number of ether oxygens (including phenoxy) is 1. The molecular weight excluding hydrogens is 234 g/mol. The molecule has 0 unspecified atom stereocenters. The van der Waals surface area contributed by atoms with E-state index in [2.05, 4.69) is 34.1 Å². The van der Waals surface area contributed by atoms with Crippen LogP contribution in [0.2, 0.25) is 0 Å². The highest BCUT2D eigenvalue weighted by atomic mass is 32.1. The van der Waals surface area contributed by atoms with E-state index in [1.807, 2.05) is 6.07 Å². The van der Waals surface area contributed by atoms with Crippen LogP contribution in [0.15, 0.2) is 17.8 Å². The standard InChI is InChI=1S/C12H15N3OS/c1-8(2)16-9-5-15(6-9)12-11-10(3-4-17-11)13-7-14-12/h3-4,7-9H,5-6H2,1-2H3. The van der Waals surface area contributed by atoms with Crippen molar-refractivity contribution in [3.63, 3.8) is 0 Å². The predicted octanol–water partition coefficient (Wildman–Crippen LogP) is 2.30. The van der Waals surface area contributed by atoms with Gasteiger partial charge in [-0.15, -0.1) is 11.3 Å². The van der Waals surface area contributed by atoms with Crippen molar-refractivity contribution >= 4 is 27.4 Å². The summed E-state index contributed by atoms with van der Waals surface area (Å²) in [6.07, 6.45) is 2.29. The second-order valence-electron chi connectivity index (χ2n) is 4.54. The molecule has 4 nitrogen and oxygen atoms in total. The summed E-state index contributed by atoms with van der Waals surface area (Å²) in [5.74, 6) is 1.05. The van der Waals surface area contributed by atoms with Gasteiger partial charge in [-0.1, -0.05) is 0 Å². The fourth-order valence-corrected chi connectivity index (χ4v) is 2.94. The van der Waals surface area contributed by atoms with Gasteiger partial charge in [0.2, 0.25) is 0 Å². The number of thiophene rings is 1. The molecule has 1 aliphatic heterocycles. The normalized spacial score (nSPS) is 16.8. The highest BCUT2D eigenvalue weighted by Gasteiger charge is 2.30. The summed E-state index contributed by atoms with van der Waals surface area (Å²) in [5, 5.41) is 2.06. The summed E-state index contributed by atoms with van der Waals surface area (Å²) in [5.41, 5.74) is 1.04.